The second-order valence-corrected chi connectivity index (χ2v) is 4.91. The van der Waals surface area contributed by atoms with Crippen LogP contribution in [0.2, 0.25) is 0 Å². The molecule has 18 heavy (non-hydrogen) atoms. The van der Waals surface area contributed by atoms with Gasteiger partial charge in [0.05, 0.1) is 18.3 Å². The summed E-state index contributed by atoms with van der Waals surface area (Å²) in [5, 5.41) is 3.88. The maximum absolute atomic E-state index is 12.1. The van der Waals surface area contributed by atoms with Gasteiger partial charge in [0.15, 0.2) is 0 Å². The number of hydrogen-bond donors (Lipinski definition) is 1. The zero-order valence-corrected chi connectivity index (χ0v) is 11.9. The summed E-state index contributed by atoms with van der Waals surface area (Å²) in [4.78, 5) is 13.8. The highest BCUT2D eigenvalue weighted by atomic mass is 16.5. The molecular weight excluding hydrogens is 230 g/mol. The lowest BCUT2D eigenvalue weighted by Crippen LogP contribution is -2.45. The number of carbonyl (C=O) groups excluding carboxylic acids is 1. The van der Waals surface area contributed by atoms with E-state index in [9.17, 15) is 4.79 Å². The summed E-state index contributed by atoms with van der Waals surface area (Å²) >= 11 is 0. The fourth-order valence-corrected chi connectivity index (χ4v) is 1.79. The predicted octanol–water partition coefficient (Wildman–Crippen LogP) is 1.62. The van der Waals surface area contributed by atoms with Crippen LogP contribution in [0.25, 0.3) is 0 Å². The maximum Gasteiger partial charge on any atom is 0.239 e. The highest BCUT2D eigenvalue weighted by Crippen LogP contribution is 2.16. The molecule has 102 valence electrons. The first-order valence-corrected chi connectivity index (χ1v) is 6.30. The monoisotopic (exact) mass is 253 g/mol. The number of aryl methyl sites for hydroxylation is 2. The van der Waals surface area contributed by atoms with Crippen LogP contribution in [-0.4, -0.2) is 29.1 Å². The average molecular weight is 253 g/mol. The molecule has 0 saturated carbocycles. The van der Waals surface area contributed by atoms with E-state index in [0.29, 0.717) is 6.54 Å². The Kier molecular flexibility index (Phi) is 4.90. The number of nitrogens with zero attached hydrogens (tertiary/aromatic N) is 2. The van der Waals surface area contributed by atoms with E-state index in [4.69, 9.17) is 10.3 Å². The quantitative estimate of drug-likeness (QED) is 0.865. The van der Waals surface area contributed by atoms with Gasteiger partial charge < -0.3 is 15.2 Å². The van der Waals surface area contributed by atoms with E-state index in [1.807, 2.05) is 27.7 Å². The van der Waals surface area contributed by atoms with Crippen LogP contribution in [0.5, 0.6) is 0 Å². The first-order valence-electron chi connectivity index (χ1n) is 6.30. The summed E-state index contributed by atoms with van der Waals surface area (Å²) in [5.41, 5.74) is 7.73. The first-order chi connectivity index (χ1) is 8.38. The molecule has 1 rings (SSSR count). The van der Waals surface area contributed by atoms with Gasteiger partial charge in [-0.15, -0.1) is 0 Å². The SMILES string of the molecule is CCC(C)C(N)C(=O)N(C)Cc1c(C)noc1C. The second-order valence-electron chi connectivity index (χ2n) is 4.91. The van der Waals surface area contributed by atoms with Gasteiger partial charge in [0.25, 0.3) is 0 Å². The zero-order chi connectivity index (χ0) is 13.9. The largest absolute Gasteiger partial charge is 0.361 e. The Morgan fingerprint density at radius 3 is 2.56 bits per heavy atom. The molecule has 0 spiro atoms. The predicted molar refractivity (Wildman–Crippen MR) is 69.9 cm³/mol. The summed E-state index contributed by atoms with van der Waals surface area (Å²) in [7, 11) is 1.76. The highest BCUT2D eigenvalue weighted by Gasteiger charge is 2.24. The minimum Gasteiger partial charge on any atom is -0.361 e. The number of amides is 1. The molecule has 2 N–H and O–H groups in total. The molecule has 2 unspecified atom stereocenters. The highest BCUT2D eigenvalue weighted by molar-refractivity contribution is 5.81. The van der Waals surface area contributed by atoms with E-state index in [0.717, 1.165) is 23.4 Å². The standard InChI is InChI=1S/C13H23N3O2/c1-6-8(2)12(14)13(17)16(5)7-11-9(3)15-18-10(11)4/h8,12H,6-7,14H2,1-5H3. The Balaban J connectivity index is 2.71. The van der Waals surface area contributed by atoms with Crippen molar-refractivity contribution in [1.82, 2.24) is 10.1 Å². The minimum absolute atomic E-state index is 0.0376. The summed E-state index contributed by atoms with van der Waals surface area (Å²) in [6.45, 7) is 8.24. The normalized spacial score (nSPS) is 14.3. The van der Waals surface area contributed by atoms with Gasteiger partial charge in [-0.1, -0.05) is 25.4 Å². The molecule has 0 bridgehead atoms. The molecule has 0 radical (unpaired) electrons. The number of aromatic nitrogens is 1. The smallest absolute Gasteiger partial charge is 0.239 e. The van der Waals surface area contributed by atoms with E-state index in [-0.39, 0.29) is 11.8 Å². The Morgan fingerprint density at radius 2 is 2.11 bits per heavy atom. The van der Waals surface area contributed by atoms with Crippen LogP contribution in [0.15, 0.2) is 4.52 Å². The third-order valence-electron chi connectivity index (χ3n) is 3.49. The summed E-state index contributed by atoms with van der Waals surface area (Å²) < 4.78 is 5.09. The van der Waals surface area contributed by atoms with E-state index in [2.05, 4.69) is 5.16 Å². The first kappa shape index (κ1) is 14.7. The summed E-state index contributed by atoms with van der Waals surface area (Å²) in [5.74, 6) is 0.901. The molecule has 1 aromatic heterocycles. The number of nitrogens with two attached hydrogens (primary N) is 1. The van der Waals surface area contributed by atoms with Crippen LogP contribution in [0.3, 0.4) is 0 Å². The molecule has 1 amide bonds. The number of carbonyl (C=O) groups is 1. The molecule has 1 heterocycles. The van der Waals surface area contributed by atoms with Crippen molar-refractivity contribution in [3.05, 3.63) is 17.0 Å². The van der Waals surface area contributed by atoms with Crippen molar-refractivity contribution in [3.63, 3.8) is 0 Å². The van der Waals surface area contributed by atoms with Gasteiger partial charge in [-0.2, -0.15) is 0 Å². The second kappa shape index (κ2) is 6.00. The third kappa shape index (κ3) is 3.10. The van der Waals surface area contributed by atoms with Crippen LogP contribution >= 0.6 is 0 Å². The molecule has 5 heteroatoms. The molecule has 0 aliphatic heterocycles. The average Bonchev–Trinajstić information content (AvgIpc) is 2.67. The van der Waals surface area contributed by atoms with Gasteiger partial charge in [-0.05, 0) is 19.8 Å². The van der Waals surface area contributed by atoms with Gasteiger partial charge in [0, 0.05) is 12.6 Å². The Labute approximate surface area is 108 Å². The van der Waals surface area contributed by atoms with Crippen molar-refractivity contribution >= 4 is 5.91 Å². The van der Waals surface area contributed by atoms with Crippen molar-refractivity contribution in [2.45, 2.75) is 46.7 Å². The molecule has 2 atom stereocenters. The zero-order valence-electron chi connectivity index (χ0n) is 11.9. The van der Waals surface area contributed by atoms with Crippen molar-refractivity contribution in [2.75, 3.05) is 7.05 Å². The van der Waals surface area contributed by atoms with E-state index >= 15 is 0 Å². The lowest BCUT2D eigenvalue weighted by atomic mass is 9.99. The minimum atomic E-state index is -0.444. The molecule has 1 aromatic rings. The van der Waals surface area contributed by atoms with Gasteiger partial charge in [-0.25, -0.2) is 0 Å². The lowest BCUT2D eigenvalue weighted by Gasteiger charge is -2.24. The van der Waals surface area contributed by atoms with Gasteiger partial charge in [-0.3, -0.25) is 4.79 Å². The number of rotatable bonds is 5. The molecular formula is C13H23N3O2. The lowest BCUT2D eigenvalue weighted by molar-refractivity contribution is -0.132. The molecule has 5 nitrogen and oxygen atoms in total. The third-order valence-corrected chi connectivity index (χ3v) is 3.49. The van der Waals surface area contributed by atoms with Crippen LogP contribution in [-0.2, 0) is 11.3 Å². The van der Waals surface area contributed by atoms with Gasteiger partial charge in [0.2, 0.25) is 5.91 Å². The molecule has 0 aliphatic carbocycles. The maximum atomic E-state index is 12.1. The summed E-state index contributed by atoms with van der Waals surface area (Å²) in [6, 6.07) is -0.444. The van der Waals surface area contributed by atoms with Crippen molar-refractivity contribution in [1.29, 1.82) is 0 Å². The molecule has 0 saturated heterocycles. The summed E-state index contributed by atoms with van der Waals surface area (Å²) in [6.07, 6.45) is 0.895. The van der Waals surface area contributed by atoms with E-state index in [1.54, 1.807) is 11.9 Å². The fraction of sp³-hybridized carbons (Fsp3) is 0.692. The Hall–Kier alpha value is -1.36. The molecule has 0 aliphatic rings. The van der Waals surface area contributed by atoms with Crippen LogP contribution in [0.1, 0.15) is 37.3 Å². The van der Waals surface area contributed by atoms with Crippen LogP contribution in [0.4, 0.5) is 0 Å². The topological polar surface area (TPSA) is 72.4 Å². The fourth-order valence-electron chi connectivity index (χ4n) is 1.79. The van der Waals surface area contributed by atoms with Gasteiger partial charge >= 0.3 is 0 Å². The van der Waals surface area contributed by atoms with Gasteiger partial charge in [0.1, 0.15) is 5.76 Å². The van der Waals surface area contributed by atoms with Crippen LogP contribution in [0, 0.1) is 19.8 Å². The van der Waals surface area contributed by atoms with Crippen molar-refractivity contribution in [3.8, 4) is 0 Å². The van der Waals surface area contributed by atoms with E-state index in [1.165, 1.54) is 0 Å². The Bertz CT molecular complexity index is 395. The van der Waals surface area contributed by atoms with Crippen molar-refractivity contribution in [2.24, 2.45) is 11.7 Å². The van der Waals surface area contributed by atoms with Crippen LogP contribution < -0.4 is 5.73 Å². The number of hydrogen-bond acceptors (Lipinski definition) is 4. The Morgan fingerprint density at radius 1 is 1.50 bits per heavy atom. The van der Waals surface area contributed by atoms with E-state index < -0.39 is 6.04 Å². The molecule has 0 fully saturated rings. The number of likely N-dealkylation sites (N-methyl/N-ethyl adjacent to an activating group) is 1. The molecule has 0 aromatic carbocycles. The van der Waals surface area contributed by atoms with Crippen molar-refractivity contribution < 1.29 is 9.32 Å².